The minimum Gasteiger partial charge on any atom is -0.461 e. The van der Waals surface area contributed by atoms with Crippen LogP contribution in [-0.4, -0.2) is 17.9 Å². The van der Waals surface area contributed by atoms with E-state index >= 15 is 0 Å². The predicted octanol–water partition coefficient (Wildman–Crippen LogP) is 9.21. The van der Waals surface area contributed by atoms with Crippen molar-refractivity contribution in [2.24, 2.45) is 28.7 Å². The normalized spacial score (nSPS) is 22.3. The van der Waals surface area contributed by atoms with Crippen LogP contribution in [0.2, 0.25) is 0 Å². The molecule has 2 atom stereocenters. The molecule has 41 heavy (non-hydrogen) atoms. The number of benzene rings is 2. The first-order chi connectivity index (χ1) is 19.9. The Morgan fingerprint density at radius 3 is 2.49 bits per heavy atom. The number of aryl methyl sites for hydroxylation is 1. The van der Waals surface area contributed by atoms with Crippen LogP contribution in [0.25, 0.3) is 5.57 Å². The van der Waals surface area contributed by atoms with Gasteiger partial charge in [0.2, 0.25) is 6.36 Å². The van der Waals surface area contributed by atoms with E-state index < -0.39 is 6.36 Å². The Labute approximate surface area is 243 Å². The fourth-order valence-corrected chi connectivity index (χ4v) is 6.50. The SMILES string of the molecule is C=CC(C=C)CC1CCC(C(=O)c2ccc(CC3=CC=CC4C(c5ccc(OC(C)F)cc5)=CN=C34)cc2C)CC1. The first-order valence-corrected chi connectivity index (χ1v) is 14.8. The molecule has 0 N–H and O–H groups in total. The van der Waals surface area contributed by atoms with Gasteiger partial charge < -0.3 is 4.74 Å². The molecule has 0 aromatic heterocycles. The number of Topliss-reactive ketones (excluding diaryl/α,β-unsaturated/α-hetero) is 1. The number of fused-ring (bicyclic) bond motifs is 1. The van der Waals surface area contributed by atoms with E-state index in [1.807, 2.05) is 36.6 Å². The van der Waals surface area contributed by atoms with Gasteiger partial charge >= 0.3 is 0 Å². The van der Waals surface area contributed by atoms with Gasteiger partial charge in [0, 0.05) is 30.5 Å². The van der Waals surface area contributed by atoms with Crippen molar-refractivity contribution in [1.29, 1.82) is 0 Å². The molecule has 4 heteroatoms. The van der Waals surface area contributed by atoms with Crippen molar-refractivity contribution in [3.63, 3.8) is 0 Å². The highest BCUT2D eigenvalue weighted by atomic mass is 19.1. The van der Waals surface area contributed by atoms with Gasteiger partial charge in [0.25, 0.3) is 0 Å². The lowest BCUT2D eigenvalue weighted by Gasteiger charge is -2.29. The molecular formula is C37H40FNO2. The fourth-order valence-electron chi connectivity index (χ4n) is 6.50. The van der Waals surface area contributed by atoms with Gasteiger partial charge in [0.1, 0.15) is 5.75 Å². The minimum atomic E-state index is -1.34. The molecule has 0 saturated heterocycles. The van der Waals surface area contributed by atoms with Crippen LogP contribution >= 0.6 is 0 Å². The molecule has 3 aliphatic rings. The number of ketones is 1. The zero-order valence-electron chi connectivity index (χ0n) is 24.2. The molecule has 1 aliphatic heterocycles. The lowest BCUT2D eigenvalue weighted by atomic mass is 9.75. The number of halogens is 1. The quantitative estimate of drug-likeness (QED) is 0.207. The largest absolute Gasteiger partial charge is 0.461 e. The van der Waals surface area contributed by atoms with E-state index in [9.17, 15) is 9.18 Å². The van der Waals surface area contributed by atoms with Crippen LogP contribution in [0.15, 0.2) is 103 Å². The second-order valence-corrected chi connectivity index (χ2v) is 11.6. The number of aliphatic imine (C=N–C) groups is 1. The number of ether oxygens (including phenoxy) is 1. The number of hydrogen-bond donors (Lipinski definition) is 0. The van der Waals surface area contributed by atoms with Gasteiger partial charge in [-0.2, -0.15) is 0 Å². The third-order valence-electron chi connectivity index (χ3n) is 8.77. The van der Waals surface area contributed by atoms with E-state index in [1.54, 1.807) is 12.1 Å². The van der Waals surface area contributed by atoms with Crippen molar-refractivity contribution in [3.05, 3.63) is 120 Å². The summed E-state index contributed by atoms with van der Waals surface area (Å²) >= 11 is 0. The van der Waals surface area contributed by atoms with Gasteiger partial charge in [-0.3, -0.25) is 9.79 Å². The van der Waals surface area contributed by atoms with Crippen LogP contribution in [0.5, 0.6) is 5.75 Å². The Hall–Kier alpha value is -3.79. The van der Waals surface area contributed by atoms with Crippen LogP contribution in [0.3, 0.4) is 0 Å². The second kappa shape index (κ2) is 12.8. The number of allylic oxidation sites excluding steroid dienone is 7. The average Bonchev–Trinajstić information content (AvgIpc) is 3.41. The Morgan fingerprint density at radius 2 is 1.83 bits per heavy atom. The standard InChI is InChI=1S/C37H40FNO2/c1-5-26(6-2)21-27-10-13-30(14-11-27)37(40)33-19-12-28(20-24(33)3)22-31-8-7-9-34-35(23-39-36(31)34)29-15-17-32(18-16-29)41-25(4)38/h5-9,12,15-20,23,25-27,30,34H,1-2,10-11,13-14,21-22H2,3-4H3. The Bertz CT molecular complexity index is 1410. The average molecular weight is 550 g/mol. The summed E-state index contributed by atoms with van der Waals surface area (Å²) in [5, 5.41) is 0. The summed E-state index contributed by atoms with van der Waals surface area (Å²) in [6.07, 6.45) is 17.0. The van der Waals surface area contributed by atoms with Crippen molar-refractivity contribution in [1.82, 2.24) is 0 Å². The molecule has 1 fully saturated rings. The van der Waals surface area contributed by atoms with Crippen molar-refractivity contribution in [2.75, 3.05) is 0 Å². The molecule has 1 saturated carbocycles. The molecule has 0 amide bonds. The molecule has 3 nitrogen and oxygen atoms in total. The first-order valence-electron chi connectivity index (χ1n) is 14.8. The predicted molar refractivity (Wildman–Crippen MR) is 167 cm³/mol. The maximum atomic E-state index is 13.5. The summed E-state index contributed by atoms with van der Waals surface area (Å²) in [5.41, 5.74) is 7.51. The molecule has 5 rings (SSSR count). The van der Waals surface area contributed by atoms with Gasteiger partial charge in [0.05, 0.1) is 5.71 Å². The Balaban J connectivity index is 1.20. The van der Waals surface area contributed by atoms with Gasteiger partial charge in [-0.25, -0.2) is 4.39 Å². The molecule has 0 bridgehead atoms. The number of hydrogen-bond acceptors (Lipinski definition) is 3. The lowest BCUT2D eigenvalue weighted by molar-refractivity contribution is 0.0857. The zero-order chi connectivity index (χ0) is 28.9. The van der Waals surface area contributed by atoms with Crippen molar-refractivity contribution < 1.29 is 13.9 Å². The molecule has 0 radical (unpaired) electrons. The highest BCUT2D eigenvalue weighted by molar-refractivity contribution is 6.13. The summed E-state index contributed by atoms with van der Waals surface area (Å²) in [6, 6.07) is 13.8. The highest BCUT2D eigenvalue weighted by Crippen LogP contribution is 2.38. The van der Waals surface area contributed by atoms with Gasteiger partial charge in [0.15, 0.2) is 5.78 Å². The number of carbonyl (C=O) groups is 1. The number of rotatable bonds is 11. The van der Waals surface area contributed by atoms with Crippen LogP contribution in [0.4, 0.5) is 4.39 Å². The Kier molecular flexibility index (Phi) is 8.97. The minimum absolute atomic E-state index is 0.0900. The maximum absolute atomic E-state index is 13.5. The summed E-state index contributed by atoms with van der Waals surface area (Å²) < 4.78 is 18.3. The van der Waals surface area contributed by atoms with E-state index in [1.165, 1.54) is 18.1 Å². The van der Waals surface area contributed by atoms with Crippen LogP contribution in [0, 0.1) is 30.6 Å². The van der Waals surface area contributed by atoms with E-state index in [2.05, 4.69) is 50.4 Å². The maximum Gasteiger partial charge on any atom is 0.235 e. The lowest BCUT2D eigenvalue weighted by Crippen LogP contribution is -2.23. The smallest absolute Gasteiger partial charge is 0.235 e. The molecule has 1 heterocycles. The monoisotopic (exact) mass is 549 g/mol. The van der Waals surface area contributed by atoms with E-state index in [-0.39, 0.29) is 11.8 Å². The van der Waals surface area contributed by atoms with E-state index in [4.69, 9.17) is 9.73 Å². The number of nitrogens with zero attached hydrogens (tertiary/aromatic N) is 1. The molecule has 2 aromatic rings. The number of carbonyl (C=O) groups excluding carboxylic acids is 1. The Morgan fingerprint density at radius 1 is 1.10 bits per heavy atom. The summed E-state index contributed by atoms with van der Waals surface area (Å²) in [4.78, 5) is 18.3. The van der Waals surface area contributed by atoms with Crippen molar-refractivity contribution >= 4 is 17.1 Å². The van der Waals surface area contributed by atoms with Crippen LogP contribution < -0.4 is 4.74 Å². The number of alkyl halides is 1. The van der Waals surface area contributed by atoms with Crippen LogP contribution in [-0.2, 0) is 6.42 Å². The molecule has 212 valence electrons. The molecular weight excluding hydrogens is 509 g/mol. The first kappa shape index (κ1) is 28.7. The topological polar surface area (TPSA) is 38.7 Å². The zero-order valence-corrected chi connectivity index (χ0v) is 24.2. The highest BCUT2D eigenvalue weighted by Gasteiger charge is 2.30. The molecule has 0 spiro atoms. The third kappa shape index (κ3) is 6.59. The summed E-state index contributed by atoms with van der Waals surface area (Å²) in [5.74, 6) is 2.03. The second-order valence-electron chi connectivity index (χ2n) is 11.6. The van der Waals surface area contributed by atoms with E-state index in [0.29, 0.717) is 23.4 Å². The van der Waals surface area contributed by atoms with Crippen LogP contribution in [0.1, 0.15) is 66.1 Å². The molecule has 2 aliphatic carbocycles. The summed E-state index contributed by atoms with van der Waals surface area (Å²) in [7, 11) is 0. The molecule has 2 aromatic carbocycles. The van der Waals surface area contributed by atoms with Crippen molar-refractivity contribution in [2.45, 2.75) is 58.7 Å². The van der Waals surface area contributed by atoms with Gasteiger partial charge in [-0.1, -0.05) is 60.7 Å². The van der Waals surface area contributed by atoms with Gasteiger partial charge in [-0.05, 0) is 97.3 Å². The fraction of sp³-hybridized carbons (Fsp3) is 0.351. The van der Waals surface area contributed by atoms with E-state index in [0.717, 1.165) is 66.5 Å². The summed E-state index contributed by atoms with van der Waals surface area (Å²) in [6.45, 7) is 11.3. The molecule has 2 unspecified atom stereocenters. The third-order valence-corrected chi connectivity index (χ3v) is 8.77. The van der Waals surface area contributed by atoms with Gasteiger partial charge in [-0.15, -0.1) is 13.2 Å². The van der Waals surface area contributed by atoms with Crippen molar-refractivity contribution in [3.8, 4) is 5.75 Å².